The van der Waals surface area contributed by atoms with Crippen molar-refractivity contribution in [2.45, 2.75) is 19.9 Å². The van der Waals surface area contributed by atoms with Gasteiger partial charge in [0.15, 0.2) is 4.60 Å². The number of halogens is 1. The fourth-order valence-electron chi connectivity index (χ4n) is 1.84. The third-order valence-electron chi connectivity index (χ3n) is 2.59. The van der Waals surface area contributed by atoms with Crippen LogP contribution >= 0.6 is 15.9 Å². The lowest BCUT2D eigenvalue weighted by atomic mass is 10.1. The highest BCUT2D eigenvalue weighted by atomic mass is 79.9. The number of aromatic nitrogens is 3. The molecule has 17 heavy (non-hydrogen) atoms. The van der Waals surface area contributed by atoms with E-state index in [0.29, 0.717) is 0 Å². The van der Waals surface area contributed by atoms with Gasteiger partial charge in [0.1, 0.15) is 5.76 Å². The summed E-state index contributed by atoms with van der Waals surface area (Å²) in [5.74, 6) is 0.897. The van der Waals surface area contributed by atoms with Crippen molar-refractivity contribution in [1.82, 2.24) is 20.3 Å². The zero-order chi connectivity index (χ0) is 12.4. The number of nitrogens with zero attached hydrogens (tertiary/aromatic N) is 3. The Bertz CT molecular complexity index is 486. The molecule has 2 aromatic heterocycles. The Morgan fingerprint density at radius 3 is 2.82 bits per heavy atom. The molecule has 0 bridgehead atoms. The third-order valence-corrected chi connectivity index (χ3v) is 3.16. The molecular weight excluding hydrogens is 284 g/mol. The Morgan fingerprint density at radius 2 is 2.35 bits per heavy atom. The molecule has 2 rings (SSSR count). The molecule has 2 heterocycles. The van der Waals surface area contributed by atoms with Gasteiger partial charge in [-0.2, -0.15) is 0 Å². The maximum Gasteiger partial charge on any atom is 0.153 e. The van der Waals surface area contributed by atoms with E-state index in [1.54, 1.807) is 10.9 Å². The Labute approximate surface area is 108 Å². The number of hydrogen-bond acceptors (Lipinski definition) is 4. The van der Waals surface area contributed by atoms with Gasteiger partial charge in [0.2, 0.25) is 0 Å². The van der Waals surface area contributed by atoms with Gasteiger partial charge in [0.25, 0.3) is 0 Å². The van der Waals surface area contributed by atoms with Crippen molar-refractivity contribution in [3.05, 3.63) is 34.0 Å². The zero-order valence-electron chi connectivity index (χ0n) is 10.1. The van der Waals surface area contributed by atoms with Gasteiger partial charge in [-0.05, 0) is 35.5 Å². The minimum atomic E-state index is 0.0341. The lowest BCUT2D eigenvalue weighted by Crippen LogP contribution is -2.24. The minimum absolute atomic E-state index is 0.0341. The molecule has 0 aliphatic heterocycles. The van der Waals surface area contributed by atoms with Crippen molar-refractivity contribution in [2.75, 3.05) is 6.54 Å². The van der Waals surface area contributed by atoms with Gasteiger partial charge in [0, 0.05) is 12.6 Å². The van der Waals surface area contributed by atoms with Crippen molar-refractivity contribution in [1.29, 1.82) is 0 Å². The van der Waals surface area contributed by atoms with Gasteiger partial charge in [-0.15, -0.1) is 5.10 Å². The molecule has 92 valence electrons. The van der Waals surface area contributed by atoms with Crippen molar-refractivity contribution in [2.24, 2.45) is 7.05 Å². The Kier molecular flexibility index (Phi) is 3.63. The Morgan fingerprint density at radius 1 is 1.59 bits per heavy atom. The average molecular weight is 299 g/mol. The summed E-state index contributed by atoms with van der Waals surface area (Å²) >= 11 is 3.43. The summed E-state index contributed by atoms with van der Waals surface area (Å²) in [6.07, 6.45) is 1.77. The molecule has 0 spiro atoms. The molecule has 1 atom stereocenters. The minimum Gasteiger partial charge on any atom is -0.469 e. The lowest BCUT2D eigenvalue weighted by Gasteiger charge is -2.16. The quantitative estimate of drug-likeness (QED) is 0.940. The van der Waals surface area contributed by atoms with Gasteiger partial charge in [-0.3, -0.25) is 0 Å². The number of hydrogen-bond donors (Lipinski definition) is 1. The largest absolute Gasteiger partial charge is 0.469 e. The maximum absolute atomic E-state index is 5.36. The Balaban J connectivity index is 2.42. The Hall–Kier alpha value is -1.14. The molecule has 0 fully saturated rings. The molecule has 0 aliphatic rings. The molecule has 0 aromatic carbocycles. The van der Waals surface area contributed by atoms with E-state index in [-0.39, 0.29) is 6.04 Å². The van der Waals surface area contributed by atoms with Gasteiger partial charge >= 0.3 is 0 Å². The SMILES string of the molecule is CCNC(c1coc(C)c1)c1c(Br)nnn1C. The summed E-state index contributed by atoms with van der Waals surface area (Å²) in [6.45, 7) is 4.85. The molecule has 0 radical (unpaired) electrons. The summed E-state index contributed by atoms with van der Waals surface area (Å²) in [5, 5.41) is 11.4. The second kappa shape index (κ2) is 5.01. The van der Waals surface area contributed by atoms with E-state index >= 15 is 0 Å². The first-order valence-corrected chi connectivity index (χ1v) is 6.26. The van der Waals surface area contributed by atoms with Crippen LogP contribution in [0.15, 0.2) is 21.3 Å². The smallest absolute Gasteiger partial charge is 0.153 e. The summed E-state index contributed by atoms with van der Waals surface area (Å²) in [7, 11) is 1.88. The second-order valence-corrected chi connectivity index (χ2v) is 4.62. The molecule has 0 aliphatic carbocycles. The van der Waals surface area contributed by atoms with E-state index in [9.17, 15) is 0 Å². The highest BCUT2D eigenvalue weighted by molar-refractivity contribution is 9.10. The van der Waals surface area contributed by atoms with Crippen molar-refractivity contribution >= 4 is 15.9 Å². The number of nitrogens with one attached hydrogen (secondary N) is 1. The zero-order valence-corrected chi connectivity index (χ0v) is 11.7. The lowest BCUT2D eigenvalue weighted by molar-refractivity contribution is 0.519. The molecule has 6 heteroatoms. The van der Waals surface area contributed by atoms with Crippen LogP contribution in [0.25, 0.3) is 0 Å². The fraction of sp³-hybridized carbons (Fsp3) is 0.455. The highest BCUT2D eigenvalue weighted by Crippen LogP contribution is 2.27. The van der Waals surface area contributed by atoms with Gasteiger partial charge < -0.3 is 9.73 Å². The topological polar surface area (TPSA) is 55.9 Å². The molecule has 2 aromatic rings. The van der Waals surface area contributed by atoms with Gasteiger partial charge in [-0.1, -0.05) is 12.1 Å². The summed E-state index contributed by atoms with van der Waals surface area (Å²) in [4.78, 5) is 0. The normalized spacial score (nSPS) is 12.9. The first-order valence-electron chi connectivity index (χ1n) is 5.47. The monoisotopic (exact) mass is 298 g/mol. The molecule has 0 saturated heterocycles. The summed E-state index contributed by atoms with van der Waals surface area (Å²) in [5.41, 5.74) is 2.07. The van der Waals surface area contributed by atoms with Crippen LogP contribution in [0.2, 0.25) is 0 Å². The van der Waals surface area contributed by atoms with Gasteiger partial charge in [0.05, 0.1) is 18.0 Å². The van der Waals surface area contributed by atoms with Crippen LogP contribution in [-0.2, 0) is 7.05 Å². The van der Waals surface area contributed by atoms with E-state index in [4.69, 9.17) is 4.42 Å². The first-order chi connectivity index (χ1) is 8.13. The molecule has 5 nitrogen and oxygen atoms in total. The van der Waals surface area contributed by atoms with Gasteiger partial charge in [-0.25, -0.2) is 4.68 Å². The van der Waals surface area contributed by atoms with Crippen LogP contribution < -0.4 is 5.32 Å². The van der Waals surface area contributed by atoms with Crippen molar-refractivity contribution < 1.29 is 4.42 Å². The first kappa shape index (κ1) is 12.3. The van der Waals surface area contributed by atoms with E-state index < -0.39 is 0 Å². The van der Waals surface area contributed by atoms with Crippen molar-refractivity contribution in [3.63, 3.8) is 0 Å². The van der Waals surface area contributed by atoms with E-state index in [0.717, 1.165) is 28.2 Å². The van der Waals surface area contributed by atoms with E-state index in [1.807, 2.05) is 20.0 Å². The molecule has 0 saturated carbocycles. The van der Waals surface area contributed by atoms with E-state index in [1.165, 1.54) is 0 Å². The third kappa shape index (κ3) is 2.42. The molecule has 1 N–H and O–H groups in total. The highest BCUT2D eigenvalue weighted by Gasteiger charge is 2.22. The van der Waals surface area contributed by atoms with Crippen LogP contribution in [0.5, 0.6) is 0 Å². The number of aryl methyl sites for hydroxylation is 2. The average Bonchev–Trinajstić information content (AvgIpc) is 2.84. The second-order valence-electron chi connectivity index (χ2n) is 3.87. The van der Waals surface area contributed by atoms with Crippen LogP contribution in [0.3, 0.4) is 0 Å². The summed E-state index contributed by atoms with van der Waals surface area (Å²) < 4.78 is 7.88. The van der Waals surface area contributed by atoms with Crippen molar-refractivity contribution in [3.8, 4) is 0 Å². The predicted octanol–water partition coefficient (Wildman–Crippen LogP) is 2.18. The molecule has 0 amide bonds. The maximum atomic E-state index is 5.36. The van der Waals surface area contributed by atoms with Crippen LogP contribution in [0.4, 0.5) is 0 Å². The van der Waals surface area contributed by atoms with Crippen LogP contribution in [0.1, 0.15) is 30.0 Å². The number of furan rings is 1. The molecule has 1 unspecified atom stereocenters. The predicted molar refractivity (Wildman–Crippen MR) is 67.7 cm³/mol. The van der Waals surface area contributed by atoms with E-state index in [2.05, 4.69) is 38.5 Å². The fourth-order valence-corrected chi connectivity index (χ4v) is 2.39. The summed E-state index contributed by atoms with van der Waals surface area (Å²) in [6, 6.07) is 2.05. The molecular formula is C11H15BrN4O. The standard InChI is InChI=1S/C11H15BrN4O/c1-4-13-9(8-5-7(2)17-6-8)10-11(12)14-15-16(10)3/h5-6,9,13H,4H2,1-3H3. The number of rotatable bonds is 4. The van der Waals surface area contributed by atoms with Crippen LogP contribution in [-0.4, -0.2) is 21.5 Å². The van der Waals surface area contributed by atoms with Crippen LogP contribution in [0, 0.1) is 6.92 Å².